The highest BCUT2D eigenvalue weighted by Crippen LogP contribution is 2.27. The van der Waals surface area contributed by atoms with Crippen molar-refractivity contribution in [1.82, 2.24) is 0 Å². The van der Waals surface area contributed by atoms with Crippen molar-refractivity contribution in [2.75, 3.05) is 0 Å². The summed E-state index contributed by atoms with van der Waals surface area (Å²) in [5.74, 6) is 11.1. The molecule has 0 radical (unpaired) electrons. The molecule has 0 aromatic rings. The third-order valence-electron chi connectivity index (χ3n) is 10.7. The third-order valence-corrected chi connectivity index (χ3v) is 10.7. The molecule has 0 saturated carbocycles. The molecule has 50 heavy (non-hydrogen) atoms. The number of carbonyl (C=O) groups is 2. The van der Waals surface area contributed by atoms with E-state index in [2.05, 4.69) is 138 Å². The maximum Gasteiger partial charge on any atom is 0.138 e. The van der Waals surface area contributed by atoms with Crippen LogP contribution in [-0.4, -0.2) is 11.6 Å². The topological polar surface area (TPSA) is 34.1 Å². The Hall–Kier alpha value is -0.660. The van der Waals surface area contributed by atoms with Gasteiger partial charge in [0.15, 0.2) is 0 Å². The lowest BCUT2D eigenvalue weighted by Gasteiger charge is -2.23. The first-order valence-corrected chi connectivity index (χ1v) is 21.7. The van der Waals surface area contributed by atoms with Gasteiger partial charge in [0.25, 0.3) is 0 Å². The Morgan fingerprint density at radius 1 is 0.260 bits per heavy atom. The number of Topliss-reactive ketones (excluding diaryl/α,β-unsaturated/α-hetero) is 2. The van der Waals surface area contributed by atoms with E-state index >= 15 is 0 Å². The molecule has 8 unspecified atom stereocenters. The Kier molecular flexibility index (Phi) is 34.5. The summed E-state index contributed by atoms with van der Waals surface area (Å²) in [6.45, 7) is 53.4. The van der Waals surface area contributed by atoms with Crippen molar-refractivity contribution in [3.05, 3.63) is 0 Å². The van der Waals surface area contributed by atoms with Crippen LogP contribution in [0.25, 0.3) is 0 Å². The second-order valence-electron chi connectivity index (χ2n) is 20.3. The highest BCUT2D eigenvalue weighted by atomic mass is 16.1. The summed E-state index contributed by atoms with van der Waals surface area (Å²) in [6, 6.07) is 0. The fourth-order valence-corrected chi connectivity index (χ4v) is 7.41. The number of hydrogen-bond donors (Lipinski definition) is 0. The Balaban J connectivity index is -0.000000282. The fourth-order valence-electron chi connectivity index (χ4n) is 7.41. The number of hydrogen-bond acceptors (Lipinski definition) is 2. The highest BCUT2D eigenvalue weighted by Gasteiger charge is 2.24. The number of carbonyl (C=O) groups excluding carboxylic acids is 2. The smallest absolute Gasteiger partial charge is 0.138 e. The molecule has 0 saturated heterocycles. The normalized spacial score (nSPS) is 16.6. The van der Waals surface area contributed by atoms with Gasteiger partial charge in [0.2, 0.25) is 0 Å². The molecule has 0 aromatic carbocycles. The van der Waals surface area contributed by atoms with Crippen molar-refractivity contribution < 1.29 is 9.59 Å². The van der Waals surface area contributed by atoms with Gasteiger partial charge < -0.3 is 0 Å². The van der Waals surface area contributed by atoms with Crippen LogP contribution in [0.5, 0.6) is 0 Å². The van der Waals surface area contributed by atoms with Crippen molar-refractivity contribution in [3.8, 4) is 0 Å². The van der Waals surface area contributed by atoms with E-state index in [0.717, 1.165) is 60.2 Å². The van der Waals surface area contributed by atoms with Gasteiger partial charge in [0.1, 0.15) is 11.6 Å². The summed E-state index contributed by atoms with van der Waals surface area (Å²) in [7, 11) is 0. The minimum Gasteiger partial charge on any atom is -0.299 e. The molecule has 0 aliphatic rings. The first kappa shape index (κ1) is 56.1. The van der Waals surface area contributed by atoms with Crippen LogP contribution in [0.3, 0.4) is 0 Å². The highest BCUT2D eigenvalue weighted by molar-refractivity contribution is 5.83. The Labute approximate surface area is 319 Å². The molecular weight excluding hydrogens is 609 g/mol. The van der Waals surface area contributed by atoms with Crippen LogP contribution in [0.1, 0.15) is 205 Å². The minimum atomic E-state index is 0.185. The monoisotopic (exact) mass is 709 g/mol. The van der Waals surface area contributed by atoms with Gasteiger partial charge in [-0.05, 0) is 110 Å². The van der Waals surface area contributed by atoms with E-state index in [1.807, 2.05) is 27.7 Å². The molecule has 0 heterocycles. The van der Waals surface area contributed by atoms with E-state index in [4.69, 9.17) is 0 Å². The molecule has 2 heteroatoms. The van der Waals surface area contributed by atoms with Gasteiger partial charge in [-0.2, -0.15) is 0 Å². The standard InChI is InChI=1S/2C12H24O.2C12H26/c2*1-8(2)7-10(5)11(6)12(13)9(3)4;2*1-9(2)7-11(5)12(6)8-10(3)4/h2*8-11H,7H2,1-6H3;2*9-12H,7-8H2,1-6H3. The number of rotatable bonds is 20. The molecule has 0 fully saturated rings. The first-order chi connectivity index (χ1) is 22.6. The Morgan fingerprint density at radius 2 is 0.400 bits per heavy atom. The molecule has 0 N–H and O–H groups in total. The van der Waals surface area contributed by atoms with Gasteiger partial charge in [-0.1, -0.05) is 166 Å². The summed E-state index contributed by atoms with van der Waals surface area (Å²) in [6.07, 6.45) is 7.84. The van der Waals surface area contributed by atoms with Crippen LogP contribution in [0.15, 0.2) is 0 Å². The van der Waals surface area contributed by atoms with Gasteiger partial charge in [-0.25, -0.2) is 0 Å². The molecule has 0 rings (SSSR count). The van der Waals surface area contributed by atoms with Gasteiger partial charge in [-0.15, -0.1) is 0 Å². The Bertz CT molecular complexity index is 692. The van der Waals surface area contributed by atoms with Crippen LogP contribution >= 0.6 is 0 Å². The van der Waals surface area contributed by atoms with Gasteiger partial charge in [-0.3, -0.25) is 9.59 Å². The zero-order chi connectivity index (χ0) is 40.6. The third kappa shape index (κ3) is 33.2. The molecule has 0 aliphatic heterocycles. The zero-order valence-electron chi connectivity index (χ0n) is 39.3. The van der Waals surface area contributed by atoms with E-state index in [-0.39, 0.29) is 23.7 Å². The molecule has 0 aliphatic carbocycles. The predicted molar refractivity (Wildman–Crippen MR) is 230 cm³/mol. The van der Waals surface area contributed by atoms with Crippen LogP contribution in [-0.2, 0) is 9.59 Å². The van der Waals surface area contributed by atoms with Crippen molar-refractivity contribution in [2.24, 2.45) is 94.7 Å². The zero-order valence-corrected chi connectivity index (χ0v) is 39.3. The van der Waals surface area contributed by atoms with Crippen LogP contribution in [0.4, 0.5) is 0 Å². The first-order valence-electron chi connectivity index (χ1n) is 21.7. The molecular formula is C48H100O2. The summed E-state index contributed by atoms with van der Waals surface area (Å²) in [5.41, 5.74) is 0. The van der Waals surface area contributed by atoms with Crippen LogP contribution < -0.4 is 0 Å². The van der Waals surface area contributed by atoms with E-state index in [9.17, 15) is 9.59 Å². The largest absolute Gasteiger partial charge is 0.299 e. The Morgan fingerprint density at radius 3 is 0.520 bits per heavy atom. The van der Waals surface area contributed by atoms with E-state index < -0.39 is 0 Å². The summed E-state index contributed by atoms with van der Waals surface area (Å²) in [5, 5.41) is 0. The molecule has 2 nitrogen and oxygen atoms in total. The van der Waals surface area contributed by atoms with Gasteiger partial charge >= 0.3 is 0 Å². The lowest BCUT2D eigenvalue weighted by molar-refractivity contribution is -0.127. The summed E-state index contributed by atoms with van der Waals surface area (Å²) >= 11 is 0. The quantitative estimate of drug-likeness (QED) is 0.126. The fraction of sp³-hybridized carbons (Fsp3) is 0.958. The van der Waals surface area contributed by atoms with Gasteiger partial charge in [0.05, 0.1) is 0 Å². The molecule has 0 bridgehead atoms. The molecule has 304 valence electrons. The van der Waals surface area contributed by atoms with Crippen molar-refractivity contribution in [2.45, 2.75) is 205 Å². The minimum absolute atomic E-state index is 0.185. The summed E-state index contributed by atoms with van der Waals surface area (Å²) < 4.78 is 0. The lowest BCUT2D eigenvalue weighted by Crippen LogP contribution is -2.24. The molecule has 8 atom stereocenters. The average molecular weight is 709 g/mol. The number of ketones is 2. The molecule has 0 amide bonds. The van der Waals surface area contributed by atoms with Crippen molar-refractivity contribution >= 4 is 11.6 Å². The predicted octanol–water partition coefficient (Wildman–Crippen LogP) is 15.8. The van der Waals surface area contributed by atoms with Crippen LogP contribution in [0.2, 0.25) is 0 Å². The van der Waals surface area contributed by atoms with Gasteiger partial charge in [0, 0.05) is 23.7 Å². The lowest BCUT2D eigenvalue weighted by atomic mass is 9.82. The van der Waals surface area contributed by atoms with Crippen LogP contribution in [0, 0.1) is 94.7 Å². The maximum atomic E-state index is 11.7. The molecule has 0 aromatic heterocycles. The second kappa shape index (κ2) is 30.8. The summed E-state index contributed by atoms with van der Waals surface area (Å²) in [4.78, 5) is 23.3. The molecule has 0 spiro atoms. The van der Waals surface area contributed by atoms with E-state index in [0.29, 0.717) is 35.2 Å². The second-order valence-corrected chi connectivity index (χ2v) is 20.3. The maximum absolute atomic E-state index is 11.7. The van der Waals surface area contributed by atoms with E-state index in [1.54, 1.807) is 0 Å². The SMILES string of the molecule is CC(C)CC(C)C(C)C(=O)C(C)C.CC(C)CC(C)C(C)C(=O)C(C)C.CC(C)CC(C)C(C)CC(C)C.CC(C)CC(C)C(C)CC(C)C. The average Bonchev–Trinajstić information content (AvgIpc) is 2.94. The van der Waals surface area contributed by atoms with Crippen molar-refractivity contribution in [1.29, 1.82) is 0 Å². The van der Waals surface area contributed by atoms with E-state index in [1.165, 1.54) is 25.7 Å². The van der Waals surface area contributed by atoms with Crippen molar-refractivity contribution in [3.63, 3.8) is 0 Å².